The molecule has 0 radical (unpaired) electrons. The molecule has 0 bridgehead atoms. The first-order valence-corrected chi connectivity index (χ1v) is 7.20. The van der Waals surface area contributed by atoms with Gasteiger partial charge in [-0.05, 0) is 59.3 Å². The maximum atomic E-state index is 9.44. The monoisotopic (exact) mass is 367 g/mol. The smallest absolute Gasteiger partial charge is 0.128 e. The third-order valence-corrected chi connectivity index (χ3v) is 4.45. The molecule has 1 aliphatic heterocycles. The molecule has 1 aliphatic rings. The van der Waals surface area contributed by atoms with Crippen molar-refractivity contribution in [3.8, 4) is 11.5 Å². The molecule has 2 N–H and O–H groups in total. The summed E-state index contributed by atoms with van der Waals surface area (Å²) in [5, 5.41) is 12.9. The summed E-state index contributed by atoms with van der Waals surface area (Å²) in [6.45, 7) is 2.69. The molecular formula is C15H14INO2. The number of aryl methyl sites for hydroxylation is 1. The summed E-state index contributed by atoms with van der Waals surface area (Å²) in [5.41, 5.74) is 3.46. The highest BCUT2D eigenvalue weighted by atomic mass is 127. The second-order valence-corrected chi connectivity index (χ2v) is 5.86. The molecular weight excluding hydrogens is 353 g/mol. The number of halogens is 1. The highest BCUT2D eigenvalue weighted by Crippen LogP contribution is 2.36. The fraction of sp³-hybridized carbons (Fsp3) is 0.200. The lowest BCUT2D eigenvalue weighted by Crippen LogP contribution is -2.12. The molecule has 3 rings (SSSR count). The topological polar surface area (TPSA) is 41.5 Å². The summed E-state index contributed by atoms with van der Waals surface area (Å²) in [5.74, 6) is 1.00. The Bertz CT molecular complexity index is 628. The number of hydrogen-bond acceptors (Lipinski definition) is 3. The van der Waals surface area contributed by atoms with Gasteiger partial charge in [0.15, 0.2) is 0 Å². The first-order chi connectivity index (χ1) is 9.13. The quantitative estimate of drug-likeness (QED) is 0.793. The normalized spacial score (nSPS) is 16.8. The number of phenolic OH excluding ortho intramolecular Hbond substituents is 1. The van der Waals surface area contributed by atoms with E-state index in [1.807, 2.05) is 6.07 Å². The van der Waals surface area contributed by atoms with E-state index in [0.29, 0.717) is 6.61 Å². The third-order valence-electron chi connectivity index (χ3n) is 3.29. The van der Waals surface area contributed by atoms with Gasteiger partial charge < -0.3 is 15.2 Å². The molecule has 1 atom stereocenters. The average molecular weight is 367 g/mol. The van der Waals surface area contributed by atoms with E-state index < -0.39 is 0 Å². The molecule has 1 heterocycles. The molecule has 0 saturated heterocycles. The van der Waals surface area contributed by atoms with Crippen molar-refractivity contribution in [3.63, 3.8) is 0 Å². The van der Waals surface area contributed by atoms with E-state index in [2.05, 4.69) is 53.0 Å². The Morgan fingerprint density at radius 2 is 2.11 bits per heavy atom. The van der Waals surface area contributed by atoms with Gasteiger partial charge in [-0.3, -0.25) is 0 Å². The Morgan fingerprint density at radius 1 is 1.26 bits per heavy atom. The Kier molecular flexibility index (Phi) is 3.26. The standard InChI is InChI=1S/C15H14INO2/c1-9-2-3-10(6-13(9)16)17-14-8-19-15-7-11(18)4-5-12(14)15/h2-7,14,17-18H,8H2,1H3. The van der Waals surface area contributed by atoms with Gasteiger partial charge in [0.2, 0.25) is 0 Å². The van der Waals surface area contributed by atoms with E-state index in [9.17, 15) is 5.11 Å². The Labute approximate surface area is 125 Å². The van der Waals surface area contributed by atoms with Gasteiger partial charge in [-0.1, -0.05) is 6.07 Å². The van der Waals surface area contributed by atoms with E-state index >= 15 is 0 Å². The van der Waals surface area contributed by atoms with Crippen molar-refractivity contribution in [2.75, 3.05) is 11.9 Å². The fourth-order valence-electron chi connectivity index (χ4n) is 2.20. The van der Waals surface area contributed by atoms with Crippen molar-refractivity contribution >= 4 is 28.3 Å². The average Bonchev–Trinajstić information content (AvgIpc) is 2.76. The molecule has 2 aromatic carbocycles. The van der Waals surface area contributed by atoms with Crippen LogP contribution in [0.3, 0.4) is 0 Å². The minimum atomic E-state index is 0.133. The summed E-state index contributed by atoms with van der Waals surface area (Å²) < 4.78 is 6.84. The van der Waals surface area contributed by atoms with Crippen LogP contribution in [-0.4, -0.2) is 11.7 Å². The maximum absolute atomic E-state index is 9.44. The second-order valence-electron chi connectivity index (χ2n) is 4.69. The summed E-state index contributed by atoms with van der Waals surface area (Å²) in [6, 6.07) is 11.7. The van der Waals surface area contributed by atoms with Gasteiger partial charge in [-0.25, -0.2) is 0 Å². The van der Waals surface area contributed by atoms with E-state index in [1.165, 1.54) is 9.13 Å². The predicted octanol–water partition coefficient (Wildman–Crippen LogP) is 3.85. The van der Waals surface area contributed by atoms with E-state index in [0.717, 1.165) is 17.0 Å². The zero-order valence-electron chi connectivity index (χ0n) is 10.5. The zero-order chi connectivity index (χ0) is 13.4. The Morgan fingerprint density at radius 3 is 2.89 bits per heavy atom. The number of hydrogen-bond donors (Lipinski definition) is 2. The molecule has 0 aliphatic carbocycles. The van der Waals surface area contributed by atoms with Crippen molar-refractivity contribution in [3.05, 3.63) is 51.1 Å². The number of aromatic hydroxyl groups is 1. The van der Waals surface area contributed by atoms with Crippen LogP contribution in [-0.2, 0) is 0 Å². The zero-order valence-corrected chi connectivity index (χ0v) is 12.6. The van der Waals surface area contributed by atoms with Crippen LogP contribution in [0.25, 0.3) is 0 Å². The second kappa shape index (κ2) is 4.92. The Balaban J connectivity index is 1.84. The molecule has 4 heteroatoms. The summed E-state index contributed by atoms with van der Waals surface area (Å²) in [7, 11) is 0. The molecule has 1 unspecified atom stereocenters. The first kappa shape index (κ1) is 12.6. The third kappa shape index (κ3) is 2.49. The van der Waals surface area contributed by atoms with Gasteiger partial charge in [0.25, 0.3) is 0 Å². The molecule has 98 valence electrons. The van der Waals surface area contributed by atoms with Crippen molar-refractivity contribution < 1.29 is 9.84 Å². The van der Waals surface area contributed by atoms with Crippen LogP contribution in [0, 0.1) is 10.5 Å². The molecule has 0 fully saturated rings. The van der Waals surface area contributed by atoms with Gasteiger partial charge in [0, 0.05) is 20.9 Å². The summed E-state index contributed by atoms with van der Waals surface area (Å²) in [6.07, 6.45) is 0. The highest BCUT2D eigenvalue weighted by Gasteiger charge is 2.24. The van der Waals surface area contributed by atoms with Crippen molar-refractivity contribution in [1.82, 2.24) is 0 Å². The lowest BCUT2D eigenvalue weighted by Gasteiger charge is -2.14. The van der Waals surface area contributed by atoms with Crippen molar-refractivity contribution in [2.24, 2.45) is 0 Å². The van der Waals surface area contributed by atoms with Crippen molar-refractivity contribution in [2.45, 2.75) is 13.0 Å². The number of anilines is 1. The number of fused-ring (bicyclic) bond motifs is 1. The molecule has 3 nitrogen and oxygen atoms in total. The summed E-state index contributed by atoms with van der Waals surface area (Å²) >= 11 is 2.34. The van der Waals surface area contributed by atoms with Crippen LogP contribution < -0.4 is 10.1 Å². The summed E-state index contributed by atoms with van der Waals surface area (Å²) in [4.78, 5) is 0. The molecule has 0 amide bonds. The number of nitrogens with one attached hydrogen (secondary N) is 1. The van der Waals surface area contributed by atoms with Gasteiger partial charge >= 0.3 is 0 Å². The molecule has 0 saturated carbocycles. The molecule has 0 spiro atoms. The van der Waals surface area contributed by atoms with Gasteiger partial charge in [-0.2, -0.15) is 0 Å². The van der Waals surface area contributed by atoms with Gasteiger partial charge in [-0.15, -0.1) is 0 Å². The lowest BCUT2D eigenvalue weighted by atomic mass is 10.1. The largest absolute Gasteiger partial charge is 0.508 e. The predicted molar refractivity (Wildman–Crippen MR) is 83.9 cm³/mol. The fourth-order valence-corrected chi connectivity index (χ4v) is 2.72. The van der Waals surface area contributed by atoms with Crippen LogP contribution >= 0.6 is 22.6 Å². The van der Waals surface area contributed by atoms with E-state index in [4.69, 9.17) is 4.74 Å². The highest BCUT2D eigenvalue weighted by molar-refractivity contribution is 14.1. The Hall–Kier alpha value is -1.43. The SMILES string of the molecule is Cc1ccc(NC2COc3cc(O)ccc32)cc1I. The minimum Gasteiger partial charge on any atom is -0.508 e. The van der Waals surface area contributed by atoms with Crippen LogP contribution in [0.5, 0.6) is 11.5 Å². The lowest BCUT2D eigenvalue weighted by molar-refractivity contribution is 0.338. The van der Waals surface area contributed by atoms with Crippen LogP contribution in [0.15, 0.2) is 36.4 Å². The minimum absolute atomic E-state index is 0.133. The van der Waals surface area contributed by atoms with E-state index in [1.54, 1.807) is 12.1 Å². The van der Waals surface area contributed by atoms with Gasteiger partial charge in [0.1, 0.15) is 18.1 Å². The van der Waals surface area contributed by atoms with Crippen LogP contribution in [0.2, 0.25) is 0 Å². The van der Waals surface area contributed by atoms with Crippen LogP contribution in [0.4, 0.5) is 5.69 Å². The number of phenols is 1. The molecule has 0 aromatic heterocycles. The first-order valence-electron chi connectivity index (χ1n) is 6.12. The number of ether oxygens (including phenoxy) is 1. The number of rotatable bonds is 2. The molecule has 19 heavy (non-hydrogen) atoms. The number of benzene rings is 2. The maximum Gasteiger partial charge on any atom is 0.128 e. The van der Waals surface area contributed by atoms with Gasteiger partial charge in [0.05, 0.1) is 6.04 Å². The van der Waals surface area contributed by atoms with E-state index in [-0.39, 0.29) is 11.8 Å². The van der Waals surface area contributed by atoms with Crippen LogP contribution in [0.1, 0.15) is 17.2 Å². The molecule has 2 aromatic rings. The van der Waals surface area contributed by atoms with Crippen molar-refractivity contribution in [1.29, 1.82) is 0 Å².